The Morgan fingerprint density at radius 2 is 1.71 bits per heavy atom. The van der Waals surface area contributed by atoms with Gasteiger partial charge in [-0.1, -0.05) is 52.1 Å². The van der Waals surface area contributed by atoms with Gasteiger partial charge >= 0.3 is 5.97 Å². The first kappa shape index (κ1) is 21.5. The van der Waals surface area contributed by atoms with E-state index in [-0.39, 0.29) is 17.1 Å². The number of benzene rings is 1. The van der Waals surface area contributed by atoms with Gasteiger partial charge in [-0.15, -0.1) is 0 Å². The van der Waals surface area contributed by atoms with Crippen molar-refractivity contribution in [3.05, 3.63) is 35.9 Å². The predicted molar refractivity (Wildman–Crippen MR) is 111 cm³/mol. The molecule has 1 aromatic rings. The third-order valence-corrected chi connectivity index (χ3v) is 12.1. The fourth-order valence-corrected chi connectivity index (χ4v) is 5.72. The summed E-state index contributed by atoms with van der Waals surface area (Å²) >= 11 is 0. The average molecular weight is 407 g/mol. The van der Waals surface area contributed by atoms with Gasteiger partial charge in [-0.2, -0.15) is 0 Å². The third kappa shape index (κ3) is 3.92. The van der Waals surface area contributed by atoms with E-state index in [2.05, 4.69) is 33.9 Å². The van der Waals surface area contributed by atoms with Crippen LogP contribution in [0.1, 0.15) is 51.9 Å². The van der Waals surface area contributed by atoms with Crippen LogP contribution in [0.5, 0.6) is 0 Å². The normalized spacial score (nSPS) is 32.2. The smallest absolute Gasteiger partial charge is 0.338 e. The van der Waals surface area contributed by atoms with Gasteiger partial charge in [-0.05, 0) is 44.0 Å². The second-order valence-electron chi connectivity index (χ2n) is 10.3. The van der Waals surface area contributed by atoms with Gasteiger partial charge < -0.3 is 18.9 Å². The van der Waals surface area contributed by atoms with Crippen LogP contribution in [0.2, 0.25) is 24.2 Å². The molecule has 5 nitrogen and oxygen atoms in total. The predicted octanol–water partition coefficient (Wildman–Crippen LogP) is 4.99. The molecule has 2 fully saturated rings. The molecule has 156 valence electrons. The quantitative estimate of drug-likeness (QED) is 0.521. The molecular weight excluding hydrogens is 372 g/mol. The van der Waals surface area contributed by atoms with Crippen LogP contribution >= 0.6 is 0 Å². The average Bonchev–Trinajstić information content (AvgIpc) is 2.99. The van der Waals surface area contributed by atoms with Crippen molar-refractivity contribution < 1.29 is 23.7 Å². The van der Waals surface area contributed by atoms with Gasteiger partial charge in [0.2, 0.25) is 0 Å². The van der Waals surface area contributed by atoms with Crippen LogP contribution in [0.4, 0.5) is 0 Å². The van der Waals surface area contributed by atoms with Crippen molar-refractivity contribution in [3.63, 3.8) is 0 Å². The van der Waals surface area contributed by atoms with E-state index in [1.165, 1.54) is 0 Å². The number of hydrogen-bond acceptors (Lipinski definition) is 5. The molecule has 1 aromatic carbocycles. The van der Waals surface area contributed by atoms with Gasteiger partial charge in [0.15, 0.2) is 23.8 Å². The molecule has 0 saturated carbocycles. The van der Waals surface area contributed by atoms with Gasteiger partial charge in [0.25, 0.3) is 0 Å². The van der Waals surface area contributed by atoms with E-state index in [1.54, 1.807) is 12.1 Å². The van der Waals surface area contributed by atoms with Crippen LogP contribution in [0.15, 0.2) is 30.3 Å². The molecule has 2 aliphatic heterocycles. The number of rotatable bonds is 4. The van der Waals surface area contributed by atoms with E-state index < -0.39 is 31.9 Å². The largest absolute Gasteiger partial charge is 0.450 e. The Kier molecular flexibility index (Phi) is 5.33. The highest BCUT2D eigenvalue weighted by molar-refractivity contribution is 6.80. The minimum atomic E-state index is -1.70. The van der Waals surface area contributed by atoms with Gasteiger partial charge in [0, 0.05) is 0 Å². The number of fused-ring (bicyclic) bond motifs is 1. The van der Waals surface area contributed by atoms with Gasteiger partial charge in [0.05, 0.1) is 13.6 Å². The lowest BCUT2D eigenvalue weighted by atomic mass is 9.95. The molecule has 0 N–H and O–H groups in total. The van der Waals surface area contributed by atoms with Gasteiger partial charge in [-0.3, -0.25) is 0 Å². The molecule has 0 spiro atoms. The van der Waals surface area contributed by atoms with Gasteiger partial charge in [0.1, 0.15) is 6.10 Å². The molecule has 3 rings (SSSR count). The molecule has 0 unspecified atom stereocenters. The van der Waals surface area contributed by atoms with Gasteiger partial charge in [-0.25, -0.2) is 4.79 Å². The number of carbonyl (C=O) groups is 1. The number of esters is 1. The molecule has 2 aliphatic rings. The summed E-state index contributed by atoms with van der Waals surface area (Å²) in [5.41, 5.74) is -0.391. The van der Waals surface area contributed by atoms with Crippen molar-refractivity contribution in [1.29, 1.82) is 0 Å². The summed E-state index contributed by atoms with van der Waals surface area (Å²) in [5, 5.41) is 0.194. The lowest BCUT2D eigenvalue weighted by Gasteiger charge is -2.42. The topological polar surface area (TPSA) is 54.0 Å². The van der Waals surface area contributed by atoms with Crippen LogP contribution in [0.25, 0.3) is 0 Å². The van der Waals surface area contributed by atoms with Crippen molar-refractivity contribution >= 4 is 14.0 Å². The van der Waals surface area contributed by atoms with E-state index in [1.807, 2.05) is 39.0 Å². The molecular formula is C22H34O5Si. The Morgan fingerprint density at radius 3 is 2.29 bits per heavy atom. The van der Waals surface area contributed by atoms with Crippen molar-refractivity contribution in [3.8, 4) is 0 Å². The maximum atomic E-state index is 12.9. The molecule has 2 saturated heterocycles. The second-order valence-corrected chi connectivity index (χ2v) is 16.0. The first-order valence-corrected chi connectivity index (χ1v) is 13.3. The third-order valence-electron chi connectivity index (χ3n) is 6.61. The zero-order valence-corrected chi connectivity index (χ0v) is 19.4. The standard InChI is InChI=1S/C22H34O5Si/c1-20(2,3)28(7,8)14-16-22(6,17-19(24-16)27-21(4,5)25-17)26-18(23)15-12-10-9-11-13-15/h9-13,16-17,19H,14H2,1-8H3/t16-,17+,19-,22+/m1/s1. The first-order chi connectivity index (χ1) is 12.8. The Balaban J connectivity index is 1.90. The zero-order valence-electron chi connectivity index (χ0n) is 18.4. The maximum Gasteiger partial charge on any atom is 0.338 e. The molecule has 4 atom stereocenters. The summed E-state index contributed by atoms with van der Waals surface area (Å²) in [6.07, 6.45) is -1.25. The van der Waals surface area contributed by atoms with Crippen LogP contribution in [0.3, 0.4) is 0 Å². The van der Waals surface area contributed by atoms with E-state index in [4.69, 9.17) is 18.9 Å². The highest BCUT2D eigenvalue weighted by Crippen LogP contribution is 2.50. The van der Waals surface area contributed by atoms with Crippen LogP contribution in [-0.2, 0) is 18.9 Å². The van der Waals surface area contributed by atoms with Crippen LogP contribution in [-0.4, -0.2) is 43.9 Å². The SMILES string of the molecule is CC1(C)O[C@H]2O[C@H](C[Si](C)(C)C(C)(C)C)[C@](C)(OC(=O)c3ccccc3)[C@H]2O1. The van der Waals surface area contributed by atoms with E-state index >= 15 is 0 Å². The summed E-state index contributed by atoms with van der Waals surface area (Å²) in [7, 11) is -1.70. The Hall–Kier alpha value is -1.21. The molecule has 0 aromatic heterocycles. The van der Waals surface area contributed by atoms with Crippen molar-refractivity contribution in [2.24, 2.45) is 0 Å². The minimum Gasteiger partial charge on any atom is -0.450 e. The number of ether oxygens (including phenoxy) is 4. The lowest BCUT2D eigenvalue weighted by Crippen LogP contribution is -2.53. The van der Waals surface area contributed by atoms with E-state index in [0.29, 0.717) is 5.56 Å². The summed E-state index contributed by atoms with van der Waals surface area (Å²) in [6.45, 7) is 17.2. The maximum absolute atomic E-state index is 12.9. The van der Waals surface area contributed by atoms with Crippen molar-refractivity contribution in [2.45, 2.75) is 95.6 Å². The number of hydrogen-bond donors (Lipinski definition) is 0. The summed E-state index contributed by atoms with van der Waals surface area (Å²) in [5.74, 6) is -1.13. The molecule has 0 bridgehead atoms. The van der Waals surface area contributed by atoms with Crippen LogP contribution < -0.4 is 0 Å². The highest BCUT2D eigenvalue weighted by atomic mass is 28.3. The Labute approximate surface area is 169 Å². The molecule has 2 heterocycles. The minimum absolute atomic E-state index is 0.194. The number of carbonyl (C=O) groups excluding carboxylic acids is 1. The first-order valence-electron chi connectivity index (χ1n) is 10.0. The lowest BCUT2D eigenvalue weighted by molar-refractivity contribution is -0.224. The van der Waals surface area contributed by atoms with Crippen molar-refractivity contribution in [1.82, 2.24) is 0 Å². The zero-order chi connectivity index (χ0) is 21.0. The monoisotopic (exact) mass is 406 g/mol. The molecule has 28 heavy (non-hydrogen) atoms. The Bertz CT molecular complexity index is 724. The summed E-state index contributed by atoms with van der Waals surface area (Å²) in [4.78, 5) is 12.9. The summed E-state index contributed by atoms with van der Waals surface area (Å²) in [6, 6.07) is 9.92. The molecule has 0 amide bonds. The molecule has 6 heteroatoms. The fraction of sp³-hybridized carbons (Fsp3) is 0.682. The Morgan fingerprint density at radius 1 is 1.11 bits per heavy atom. The second kappa shape index (κ2) is 6.94. The van der Waals surface area contributed by atoms with E-state index in [9.17, 15) is 4.79 Å². The van der Waals surface area contributed by atoms with E-state index in [0.717, 1.165) is 6.04 Å². The molecule has 0 radical (unpaired) electrons. The van der Waals surface area contributed by atoms with Crippen LogP contribution in [0, 0.1) is 0 Å². The van der Waals surface area contributed by atoms with Crippen molar-refractivity contribution in [2.75, 3.05) is 0 Å². The molecule has 0 aliphatic carbocycles. The fourth-order valence-electron chi connectivity index (χ4n) is 3.67. The highest BCUT2D eigenvalue weighted by Gasteiger charge is 2.64. The summed E-state index contributed by atoms with van der Waals surface area (Å²) < 4.78 is 24.5.